The lowest BCUT2D eigenvalue weighted by Crippen LogP contribution is -2.40. The molecule has 8 heteroatoms. The van der Waals surface area contributed by atoms with Crippen molar-refractivity contribution in [3.63, 3.8) is 0 Å². The lowest BCUT2D eigenvalue weighted by molar-refractivity contribution is -0.117. The highest BCUT2D eigenvalue weighted by Crippen LogP contribution is 2.35. The molecule has 2 aliphatic rings. The zero-order valence-corrected chi connectivity index (χ0v) is 17.2. The minimum atomic E-state index is -0.798. The number of hydrogen-bond donors (Lipinski definition) is 2. The monoisotopic (exact) mass is 425 g/mol. The van der Waals surface area contributed by atoms with E-state index in [1.165, 1.54) is 6.92 Å². The van der Waals surface area contributed by atoms with Gasteiger partial charge in [0.1, 0.15) is 22.9 Å². The molecular formula is C23H21F2N3O3. The van der Waals surface area contributed by atoms with Gasteiger partial charge in [-0.25, -0.2) is 8.78 Å². The molecule has 1 aliphatic carbocycles. The minimum Gasteiger partial charge on any atom is -0.340 e. The number of rotatable bonds is 5. The maximum Gasteiger partial charge on any atom is 0.293 e. The van der Waals surface area contributed by atoms with Crippen LogP contribution in [0.15, 0.2) is 12.1 Å². The molecule has 2 N–H and O–H groups in total. The highest BCUT2D eigenvalue weighted by molar-refractivity contribution is 6.44. The van der Waals surface area contributed by atoms with Crippen LogP contribution in [0.1, 0.15) is 56.9 Å². The highest BCUT2D eigenvalue weighted by Gasteiger charge is 2.44. The molecule has 160 valence electrons. The van der Waals surface area contributed by atoms with Gasteiger partial charge in [0.05, 0.1) is 5.56 Å². The molecule has 2 heterocycles. The minimum absolute atomic E-state index is 0.0335. The molecule has 0 spiro atoms. The van der Waals surface area contributed by atoms with Crippen LogP contribution in [0.5, 0.6) is 0 Å². The standard InChI is InChI=1S/C23H21F2N3O3/c1-4-23(7-8-23)27-22(31)20(29)18-13(3)19(28-9-5-6-17(18)28)21(30)26-14-10-15(24)12(2)16(25)11-14/h1,10-11H,5-9H2,2-3H3,(H,26,30)(H,27,31). The first-order valence-corrected chi connectivity index (χ1v) is 10.0. The zero-order valence-electron chi connectivity index (χ0n) is 17.2. The smallest absolute Gasteiger partial charge is 0.293 e. The van der Waals surface area contributed by atoms with Crippen LogP contribution in [-0.4, -0.2) is 27.7 Å². The van der Waals surface area contributed by atoms with Crippen molar-refractivity contribution in [1.82, 2.24) is 9.88 Å². The van der Waals surface area contributed by atoms with Gasteiger partial charge in [0.25, 0.3) is 17.6 Å². The van der Waals surface area contributed by atoms with Crippen LogP contribution in [0, 0.1) is 37.8 Å². The summed E-state index contributed by atoms with van der Waals surface area (Å²) in [5.74, 6) is -1.19. The molecule has 1 aliphatic heterocycles. The molecule has 0 unspecified atom stereocenters. The fraction of sp³-hybridized carbons (Fsp3) is 0.348. The molecule has 0 radical (unpaired) electrons. The van der Waals surface area contributed by atoms with Crippen LogP contribution in [0.2, 0.25) is 0 Å². The predicted molar refractivity (Wildman–Crippen MR) is 110 cm³/mol. The lowest BCUT2D eigenvalue weighted by atomic mass is 10.0. The van der Waals surface area contributed by atoms with Crippen molar-refractivity contribution >= 4 is 23.3 Å². The van der Waals surface area contributed by atoms with Gasteiger partial charge in [-0.1, -0.05) is 5.92 Å². The largest absolute Gasteiger partial charge is 0.340 e. The van der Waals surface area contributed by atoms with Gasteiger partial charge in [-0.3, -0.25) is 14.4 Å². The Kier molecular flexibility index (Phi) is 4.92. The Balaban J connectivity index is 1.66. The van der Waals surface area contributed by atoms with Crippen LogP contribution < -0.4 is 10.6 Å². The molecule has 4 rings (SSSR count). The molecule has 1 fully saturated rings. The van der Waals surface area contributed by atoms with E-state index in [4.69, 9.17) is 6.42 Å². The molecule has 31 heavy (non-hydrogen) atoms. The van der Waals surface area contributed by atoms with E-state index in [0.29, 0.717) is 43.5 Å². The van der Waals surface area contributed by atoms with E-state index in [1.54, 1.807) is 11.5 Å². The van der Waals surface area contributed by atoms with Crippen molar-refractivity contribution in [3.8, 4) is 12.3 Å². The number of halogens is 2. The Bertz CT molecular complexity index is 1160. The summed E-state index contributed by atoms with van der Waals surface area (Å²) in [7, 11) is 0. The number of amides is 2. The molecular weight excluding hydrogens is 404 g/mol. The SMILES string of the molecule is C#CC1(NC(=O)C(=O)c2c(C)c(C(=O)Nc3cc(F)c(C)c(F)c3)n3c2CCC3)CC1. The van der Waals surface area contributed by atoms with E-state index in [-0.39, 0.29) is 22.5 Å². The average molecular weight is 425 g/mol. The Labute approximate surface area is 178 Å². The van der Waals surface area contributed by atoms with Gasteiger partial charge in [-0.05, 0) is 57.2 Å². The van der Waals surface area contributed by atoms with E-state index in [9.17, 15) is 23.2 Å². The Morgan fingerprint density at radius 1 is 1.13 bits per heavy atom. The summed E-state index contributed by atoms with van der Waals surface area (Å²) in [6.45, 7) is 3.39. The van der Waals surface area contributed by atoms with Crippen molar-refractivity contribution in [2.75, 3.05) is 5.32 Å². The maximum absolute atomic E-state index is 13.9. The molecule has 2 aromatic rings. The summed E-state index contributed by atoms with van der Waals surface area (Å²) in [4.78, 5) is 38.5. The van der Waals surface area contributed by atoms with E-state index < -0.39 is 34.8 Å². The Morgan fingerprint density at radius 2 is 1.77 bits per heavy atom. The summed E-state index contributed by atoms with van der Waals surface area (Å²) in [5, 5.41) is 5.11. The van der Waals surface area contributed by atoms with Gasteiger partial charge < -0.3 is 15.2 Å². The van der Waals surface area contributed by atoms with E-state index in [2.05, 4.69) is 16.6 Å². The van der Waals surface area contributed by atoms with E-state index in [1.807, 2.05) is 0 Å². The average Bonchev–Trinajstić information content (AvgIpc) is 3.23. The number of Topliss-reactive ketones (excluding diaryl/α,β-unsaturated/α-hetero) is 1. The second-order valence-corrected chi connectivity index (χ2v) is 8.08. The van der Waals surface area contributed by atoms with Gasteiger partial charge in [-0.15, -0.1) is 6.42 Å². The second kappa shape index (κ2) is 7.34. The third-order valence-corrected chi connectivity index (χ3v) is 5.98. The molecule has 0 atom stereocenters. The number of benzene rings is 1. The molecule has 1 saturated carbocycles. The van der Waals surface area contributed by atoms with Gasteiger partial charge in [0, 0.05) is 23.5 Å². The summed E-state index contributed by atoms with van der Waals surface area (Å²) >= 11 is 0. The Morgan fingerprint density at radius 3 is 2.35 bits per heavy atom. The van der Waals surface area contributed by atoms with Crippen LogP contribution in [-0.2, 0) is 17.8 Å². The fourth-order valence-corrected chi connectivity index (χ4v) is 4.04. The van der Waals surface area contributed by atoms with Crippen LogP contribution in [0.25, 0.3) is 0 Å². The molecule has 0 saturated heterocycles. The van der Waals surface area contributed by atoms with Crippen molar-refractivity contribution in [2.24, 2.45) is 0 Å². The van der Waals surface area contributed by atoms with Gasteiger partial charge in [0.2, 0.25) is 0 Å². The third-order valence-electron chi connectivity index (χ3n) is 5.98. The number of anilines is 1. The first kappa shape index (κ1) is 20.8. The third kappa shape index (κ3) is 3.50. The van der Waals surface area contributed by atoms with Crippen LogP contribution in [0.3, 0.4) is 0 Å². The van der Waals surface area contributed by atoms with Crippen molar-refractivity contribution in [3.05, 3.63) is 51.8 Å². The maximum atomic E-state index is 13.9. The van der Waals surface area contributed by atoms with E-state index >= 15 is 0 Å². The van der Waals surface area contributed by atoms with Crippen molar-refractivity contribution < 1.29 is 23.2 Å². The number of nitrogens with zero attached hydrogens (tertiary/aromatic N) is 1. The number of terminal acetylenes is 1. The number of ketones is 1. The Hall–Kier alpha value is -3.47. The highest BCUT2D eigenvalue weighted by atomic mass is 19.1. The van der Waals surface area contributed by atoms with Gasteiger partial charge in [0.15, 0.2) is 0 Å². The normalized spacial score (nSPS) is 15.7. The van der Waals surface area contributed by atoms with Crippen molar-refractivity contribution in [1.29, 1.82) is 0 Å². The topological polar surface area (TPSA) is 80.2 Å². The predicted octanol–water partition coefficient (Wildman–Crippen LogP) is 3.05. The number of fused-ring (bicyclic) bond motifs is 1. The quantitative estimate of drug-likeness (QED) is 0.439. The molecule has 0 bridgehead atoms. The van der Waals surface area contributed by atoms with E-state index in [0.717, 1.165) is 12.1 Å². The van der Waals surface area contributed by atoms with Gasteiger partial charge in [-0.2, -0.15) is 0 Å². The van der Waals surface area contributed by atoms with Crippen LogP contribution >= 0.6 is 0 Å². The lowest BCUT2D eigenvalue weighted by Gasteiger charge is -2.11. The zero-order chi connectivity index (χ0) is 22.5. The first-order chi connectivity index (χ1) is 14.7. The summed E-state index contributed by atoms with van der Waals surface area (Å²) in [6.07, 6.45) is 7.92. The number of aromatic nitrogens is 1. The summed E-state index contributed by atoms with van der Waals surface area (Å²) in [6, 6.07) is 2.07. The number of hydrogen-bond acceptors (Lipinski definition) is 3. The first-order valence-electron chi connectivity index (χ1n) is 10.0. The summed E-state index contributed by atoms with van der Waals surface area (Å²) < 4.78 is 29.4. The fourth-order valence-electron chi connectivity index (χ4n) is 4.04. The molecule has 1 aromatic carbocycles. The molecule has 2 amide bonds. The number of carbonyl (C=O) groups excluding carboxylic acids is 3. The summed E-state index contributed by atoms with van der Waals surface area (Å²) in [5.41, 5.74) is 0.410. The van der Waals surface area contributed by atoms with Crippen LogP contribution in [0.4, 0.5) is 14.5 Å². The second-order valence-electron chi connectivity index (χ2n) is 8.08. The number of carbonyl (C=O) groups is 3. The van der Waals surface area contributed by atoms with Gasteiger partial charge >= 0.3 is 0 Å². The van der Waals surface area contributed by atoms with Crippen molar-refractivity contribution in [2.45, 2.75) is 51.6 Å². The molecule has 6 nitrogen and oxygen atoms in total. The molecule has 1 aromatic heterocycles. The number of nitrogens with one attached hydrogen (secondary N) is 2.